The Kier molecular flexibility index (Phi) is 4.98. The minimum atomic E-state index is -4.38. The minimum Gasteiger partial charge on any atom is -0.267 e. The molecule has 0 atom stereocenters. The Labute approximate surface area is 172 Å². The van der Waals surface area contributed by atoms with E-state index in [1.807, 2.05) is 12.3 Å². The van der Waals surface area contributed by atoms with E-state index in [1.54, 1.807) is 6.92 Å². The second kappa shape index (κ2) is 7.48. The van der Waals surface area contributed by atoms with Gasteiger partial charge in [0.15, 0.2) is 10.8 Å². The topological polar surface area (TPSA) is 85.6 Å². The van der Waals surface area contributed by atoms with E-state index in [9.17, 15) is 18.0 Å². The fourth-order valence-corrected chi connectivity index (χ4v) is 3.74. The van der Waals surface area contributed by atoms with E-state index in [2.05, 4.69) is 25.4 Å². The molecule has 0 saturated carbocycles. The molecule has 11 heteroatoms. The third-order valence-electron chi connectivity index (χ3n) is 4.34. The highest BCUT2D eigenvalue weighted by molar-refractivity contribution is 7.13. The number of fused-ring (bicyclic) bond motifs is 1. The van der Waals surface area contributed by atoms with Gasteiger partial charge in [0, 0.05) is 41.2 Å². The normalized spacial score (nSPS) is 11.8. The van der Waals surface area contributed by atoms with Gasteiger partial charge in [0.1, 0.15) is 0 Å². The summed E-state index contributed by atoms with van der Waals surface area (Å²) in [6.07, 6.45) is -0.0798. The maximum atomic E-state index is 12.9. The van der Waals surface area contributed by atoms with Gasteiger partial charge in [-0.05, 0) is 25.5 Å². The molecule has 1 amide bonds. The minimum absolute atomic E-state index is 0.0216. The van der Waals surface area contributed by atoms with Crippen LogP contribution in [0.25, 0.3) is 21.7 Å². The van der Waals surface area contributed by atoms with Crippen LogP contribution in [0.3, 0.4) is 0 Å². The predicted octanol–water partition coefficient (Wildman–Crippen LogP) is 4.06. The van der Waals surface area contributed by atoms with Gasteiger partial charge in [-0.25, -0.2) is 15.0 Å². The fraction of sp³-hybridized carbons (Fsp3) is 0.211. The quantitative estimate of drug-likeness (QED) is 0.526. The van der Waals surface area contributed by atoms with E-state index in [0.717, 1.165) is 5.69 Å². The molecule has 0 aliphatic carbocycles. The number of nitrogens with zero attached hydrogens (tertiary/aromatic N) is 5. The van der Waals surface area contributed by atoms with Gasteiger partial charge in [-0.1, -0.05) is 0 Å². The lowest BCUT2D eigenvalue weighted by Gasteiger charge is -2.09. The number of halogens is 3. The summed E-state index contributed by atoms with van der Waals surface area (Å²) < 4.78 is 40.0. The Balaban J connectivity index is 1.63. The summed E-state index contributed by atoms with van der Waals surface area (Å²) in [7, 11) is 0. The summed E-state index contributed by atoms with van der Waals surface area (Å²) in [5, 5.41) is 2.83. The molecular weight excluding hydrogens is 417 g/mol. The number of nitrogens with one attached hydrogen (secondary N) is 1. The van der Waals surface area contributed by atoms with Crippen LogP contribution in [-0.4, -0.2) is 36.7 Å². The van der Waals surface area contributed by atoms with Gasteiger partial charge < -0.3 is 0 Å². The summed E-state index contributed by atoms with van der Waals surface area (Å²) in [6, 6.07) is 1.53. The molecule has 7 nitrogen and oxygen atoms in total. The van der Waals surface area contributed by atoms with Crippen LogP contribution >= 0.6 is 11.3 Å². The standard InChI is InChI=1S/C19H15F3N6OS/c1-10-9-30-18(25-10)16-24-7-13(11(2)26-16)17(29)27-28-8-12(5-19(20,21)22)14-6-23-4-3-15(14)28/h3-4,6-9H,5H2,1-2H3,(H,27,29). The summed E-state index contributed by atoms with van der Waals surface area (Å²) in [6.45, 7) is 3.52. The zero-order chi connectivity index (χ0) is 21.5. The molecule has 0 aliphatic heterocycles. The molecule has 0 unspecified atom stereocenters. The summed E-state index contributed by atoms with van der Waals surface area (Å²) in [5.41, 5.74) is 4.52. The Morgan fingerprint density at radius 3 is 2.70 bits per heavy atom. The summed E-state index contributed by atoms with van der Waals surface area (Å²) in [5.74, 6) is -0.131. The van der Waals surface area contributed by atoms with E-state index in [1.165, 1.54) is 46.9 Å². The number of alkyl halides is 3. The van der Waals surface area contributed by atoms with E-state index in [0.29, 0.717) is 27.4 Å². The SMILES string of the molecule is Cc1csc(-c2ncc(C(=O)Nn3cc(CC(F)(F)F)c4cnccc43)c(C)n2)n1. The smallest absolute Gasteiger partial charge is 0.267 e. The zero-order valence-corrected chi connectivity index (χ0v) is 16.7. The van der Waals surface area contributed by atoms with Gasteiger partial charge in [0.25, 0.3) is 5.91 Å². The monoisotopic (exact) mass is 432 g/mol. The van der Waals surface area contributed by atoms with Gasteiger partial charge in [0.2, 0.25) is 0 Å². The van der Waals surface area contributed by atoms with Crippen LogP contribution in [0.5, 0.6) is 0 Å². The van der Waals surface area contributed by atoms with Crippen molar-refractivity contribution >= 4 is 28.1 Å². The van der Waals surface area contributed by atoms with Crippen LogP contribution in [-0.2, 0) is 6.42 Å². The average Bonchev–Trinajstić information content (AvgIpc) is 3.25. The lowest BCUT2D eigenvalue weighted by atomic mass is 10.1. The zero-order valence-electron chi connectivity index (χ0n) is 15.9. The van der Waals surface area contributed by atoms with Crippen LogP contribution in [0.1, 0.15) is 27.3 Å². The third kappa shape index (κ3) is 4.01. The van der Waals surface area contributed by atoms with Gasteiger partial charge in [-0.2, -0.15) is 13.2 Å². The Hall–Kier alpha value is -3.34. The fourth-order valence-electron chi connectivity index (χ4n) is 3.01. The summed E-state index contributed by atoms with van der Waals surface area (Å²) in [4.78, 5) is 29.5. The van der Waals surface area contributed by atoms with E-state index in [4.69, 9.17) is 0 Å². The number of hydrogen-bond donors (Lipinski definition) is 1. The first-order chi connectivity index (χ1) is 14.2. The molecule has 0 saturated heterocycles. The van der Waals surface area contributed by atoms with E-state index < -0.39 is 18.5 Å². The Morgan fingerprint density at radius 2 is 2.03 bits per heavy atom. The molecule has 0 radical (unpaired) electrons. The third-order valence-corrected chi connectivity index (χ3v) is 5.29. The number of pyridine rings is 1. The average molecular weight is 432 g/mol. The van der Waals surface area contributed by atoms with Crippen LogP contribution in [0.15, 0.2) is 36.2 Å². The van der Waals surface area contributed by atoms with E-state index in [-0.39, 0.29) is 11.1 Å². The van der Waals surface area contributed by atoms with Crippen molar-refractivity contribution < 1.29 is 18.0 Å². The highest BCUT2D eigenvalue weighted by atomic mass is 32.1. The molecule has 4 heterocycles. The molecule has 0 fully saturated rings. The molecule has 0 aliphatic rings. The number of aromatic nitrogens is 5. The molecule has 4 rings (SSSR count). The first-order valence-electron chi connectivity index (χ1n) is 8.79. The van der Waals surface area contributed by atoms with Crippen molar-refractivity contribution in [2.24, 2.45) is 0 Å². The number of thiazole rings is 1. The number of hydrogen-bond acceptors (Lipinski definition) is 6. The lowest BCUT2D eigenvalue weighted by molar-refractivity contribution is -0.127. The van der Waals surface area contributed by atoms with Gasteiger partial charge in [-0.15, -0.1) is 11.3 Å². The summed E-state index contributed by atoms with van der Waals surface area (Å²) >= 11 is 1.40. The second-order valence-electron chi connectivity index (χ2n) is 6.64. The molecule has 30 heavy (non-hydrogen) atoms. The Morgan fingerprint density at radius 1 is 1.23 bits per heavy atom. The molecule has 1 N–H and O–H groups in total. The first-order valence-corrected chi connectivity index (χ1v) is 9.67. The van der Waals surface area contributed by atoms with Crippen molar-refractivity contribution in [1.82, 2.24) is 24.6 Å². The predicted molar refractivity (Wildman–Crippen MR) is 106 cm³/mol. The van der Waals surface area contributed by atoms with Crippen LogP contribution in [0.4, 0.5) is 13.2 Å². The largest absolute Gasteiger partial charge is 0.393 e. The maximum Gasteiger partial charge on any atom is 0.393 e. The van der Waals surface area contributed by atoms with Crippen LogP contribution < -0.4 is 5.43 Å². The second-order valence-corrected chi connectivity index (χ2v) is 7.49. The molecule has 0 spiro atoms. The maximum absolute atomic E-state index is 12.9. The molecular formula is C19H15F3N6OS. The molecule has 0 bridgehead atoms. The number of carbonyl (C=O) groups excluding carboxylic acids is 1. The van der Waals surface area contributed by atoms with Gasteiger partial charge >= 0.3 is 6.18 Å². The molecule has 4 aromatic rings. The number of carbonyl (C=O) groups is 1. The van der Waals surface area contributed by atoms with Crippen molar-refractivity contribution in [3.05, 3.63) is 58.7 Å². The molecule has 0 aromatic carbocycles. The highest BCUT2D eigenvalue weighted by Gasteiger charge is 2.30. The van der Waals surface area contributed by atoms with E-state index >= 15 is 0 Å². The highest BCUT2D eigenvalue weighted by Crippen LogP contribution is 2.27. The Bertz CT molecular complexity index is 1250. The van der Waals surface area contributed by atoms with Crippen molar-refractivity contribution in [2.45, 2.75) is 26.4 Å². The van der Waals surface area contributed by atoms with Crippen LogP contribution in [0.2, 0.25) is 0 Å². The number of aryl methyl sites for hydroxylation is 2. The number of amides is 1. The van der Waals surface area contributed by atoms with Crippen molar-refractivity contribution in [3.8, 4) is 10.8 Å². The number of rotatable bonds is 4. The first kappa shape index (κ1) is 20.0. The van der Waals surface area contributed by atoms with Crippen molar-refractivity contribution in [2.75, 3.05) is 5.43 Å². The van der Waals surface area contributed by atoms with Crippen LogP contribution in [0, 0.1) is 13.8 Å². The van der Waals surface area contributed by atoms with Gasteiger partial charge in [-0.3, -0.25) is 19.9 Å². The van der Waals surface area contributed by atoms with Crippen molar-refractivity contribution in [3.63, 3.8) is 0 Å². The van der Waals surface area contributed by atoms with Crippen molar-refractivity contribution in [1.29, 1.82) is 0 Å². The molecule has 4 aromatic heterocycles. The molecule has 154 valence electrons. The van der Waals surface area contributed by atoms with Gasteiger partial charge in [0.05, 0.1) is 23.2 Å². The lowest BCUT2D eigenvalue weighted by Crippen LogP contribution is -2.23.